The van der Waals surface area contributed by atoms with Crippen molar-refractivity contribution < 1.29 is 0 Å². The summed E-state index contributed by atoms with van der Waals surface area (Å²) in [6.45, 7) is 0. The smallest absolute Gasteiger partial charge is 0.146 e. The highest BCUT2D eigenvalue weighted by molar-refractivity contribution is 6.27. The lowest BCUT2D eigenvalue weighted by Gasteiger charge is -2.18. The number of para-hydroxylation sites is 1. The minimum Gasteiger partial charge on any atom is -0.291 e. The molecule has 53 heavy (non-hydrogen) atoms. The Hall–Kier alpha value is -7.03. The lowest BCUT2D eigenvalue weighted by atomic mass is 9.85. The van der Waals surface area contributed by atoms with Crippen LogP contribution in [0.3, 0.4) is 0 Å². The Morgan fingerprint density at radius 2 is 0.811 bits per heavy atom. The van der Waals surface area contributed by atoms with Crippen LogP contribution in [0.4, 0.5) is 0 Å². The molecular weight excluding hydrogens is 641 g/mol. The molecule has 0 bridgehead atoms. The molecule has 2 nitrogen and oxygen atoms in total. The van der Waals surface area contributed by atoms with Gasteiger partial charge in [0.15, 0.2) is 0 Å². The van der Waals surface area contributed by atoms with Crippen LogP contribution in [0.15, 0.2) is 182 Å². The van der Waals surface area contributed by atoms with Crippen LogP contribution in [0.2, 0.25) is 0 Å². The normalized spacial score (nSPS) is 12.2. The van der Waals surface area contributed by atoms with Gasteiger partial charge in [-0.2, -0.15) is 0 Å². The van der Waals surface area contributed by atoms with E-state index in [2.05, 4.69) is 186 Å². The molecule has 0 aliphatic carbocycles. The third kappa shape index (κ3) is 3.95. The van der Waals surface area contributed by atoms with Crippen LogP contribution in [-0.4, -0.2) is 9.38 Å². The van der Waals surface area contributed by atoms with Crippen LogP contribution in [0.25, 0.3) is 114 Å². The molecule has 12 rings (SSSR count). The largest absolute Gasteiger partial charge is 0.291 e. The van der Waals surface area contributed by atoms with Gasteiger partial charge in [0.1, 0.15) is 5.65 Å². The Balaban J connectivity index is 1.19. The van der Waals surface area contributed by atoms with Gasteiger partial charge in [-0.3, -0.25) is 4.40 Å². The van der Waals surface area contributed by atoms with E-state index in [4.69, 9.17) is 4.98 Å². The molecule has 0 N–H and O–H groups in total. The minimum atomic E-state index is 0.989. The molecule has 0 fully saturated rings. The maximum absolute atomic E-state index is 5.50. The van der Waals surface area contributed by atoms with Gasteiger partial charge in [0.2, 0.25) is 0 Å². The van der Waals surface area contributed by atoms with E-state index in [0.29, 0.717) is 0 Å². The number of benzene rings is 10. The number of rotatable bonds is 2. The molecule has 0 aliphatic rings. The number of pyridine rings is 1. The highest BCUT2D eigenvalue weighted by atomic mass is 15.0. The first-order chi connectivity index (χ1) is 26.3. The fraction of sp³-hybridized carbons (Fsp3) is 0. The van der Waals surface area contributed by atoms with E-state index in [0.717, 1.165) is 27.6 Å². The Kier molecular flexibility index (Phi) is 5.80. The van der Waals surface area contributed by atoms with Crippen LogP contribution in [-0.2, 0) is 0 Å². The van der Waals surface area contributed by atoms with Gasteiger partial charge >= 0.3 is 0 Å². The van der Waals surface area contributed by atoms with E-state index in [1.165, 1.54) is 86.9 Å². The van der Waals surface area contributed by atoms with E-state index < -0.39 is 0 Å². The predicted molar refractivity (Wildman–Crippen MR) is 226 cm³/mol. The Morgan fingerprint density at radius 3 is 1.49 bits per heavy atom. The summed E-state index contributed by atoms with van der Waals surface area (Å²) in [6, 6.07) is 66.7. The molecule has 0 atom stereocenters. The molecule has 2 heterocycles. The zero-order valence-electron chi connectivity index (χ0n) is 28.7. The Bertz CT molecular complexity index is 3460. The third-order valence-electron chi connectivity index (χ3n) is 11.5. The minimum absolute atomic E-state index is 0.989. The lowest BCUT2D eigenvalue weighted by molar-refractivity contribution is 1.32. The first kappa shape index (κ1) is 28.6. The average Bonchev–Trinajstić information content (AvgIpc) is 3.64. The molecule has 0 radical (unpaired) electrons. The Morgan fingerprint density at radius 1 is 0.321 bits per heavy atom. The first-order valence-electron chi connectivity index (χ1n) is 18.3. The van der Waals surface area contributed by atoms with E-state index in [1.807, 2.05) is 0 Å². The van der Waals surface area contributed by atoms with Gasteiger partial charge in [-0.05, 0) is 95.0 Å². The number of imidazole rings is 1. The molecule has 0 aliphatic heterocycles. The maximum Gasteiger partial charge on any atom is 0.146 e. The zero-order chi connectivity index (χ0) is 34.6. The highest BCUT2D eigenvalue weighted by Gasteiger charge is 2.21. The molecular formula is C51H30N2. The summed E-state index contributed by atoms with van der Waals surface area (Å²) in [5.74, 6) is 0. The predicted octanol–water partition coefficient (Wildman–Crippen LogP) is 13.9. The van der Waals surface area contributed by atoms with Crippen LogP contribution < -0.4 is 0 Å². The van der Waals surface area contributed by atoms with Crippen LogP contribution in [0.5, 0.6) is 0 Å². The molecule has 0 spiro atoms. The monoisotopic (exact) mass is 670 g/mol. The summed E-state index contributed by atoms with van der Waals surface area (Å²) < 4.78 is 2.41. The number of nitrogens with zero attached hydrogens (tertiary/aromatic N) is 2. The van der Waals surface area contributed by atoms with Crippen molar-refractivity contribution >= 4 is 92.2 Å². The number of aromatic nitrogens is 2. The van der Waals surface area contributed by atoms with Crippen LogP contribution in [0.1, 0.15) is 0 Å². The molecule has 2 heteroatoms. The second-order valence-electron chi connectivity index (χ2n) is 14.2. The summed E-state index contributed by atoms with van der Waals surface area (Å²) in [4.78, 5) is 5.50. The summed E-state index contributed by atoms with van der Waals surface area (Å²) in [5, 5.41) is 16.0. The number of hydrogen-bond donors (Lipinski definition) is 0. The molecule has 244 valence electrons. The van der Waals surface area contributed by atoms with Gasteiger partial charge in [-0.25, -0.2) is 4.98 Å². The molecule has 0 saturated heterocycles. The fourth-order valence-corrected chi connectivity index (χ4v) is 9.23. The maximum atomic E-state index is 5.50. The molecule has 2 aromatic heterocycles. The van der Waals surface area contributed by atoms with E-state index >= 15 is 0 Å². The van der Waals surface area contributed by atoms with Crippen LogP contribution >= 0.6 is 0 Å². The molecule has 0 unspecified atom stereocenters. The molecule has 0 saturated carbocycles. The van der Waals surface area contributed by atoms with E-state index in [9.17, 15) is 0 Å². The molecule has 12 aromatic rings. The van der Waals surface area contributed by atoms with E-state index in [1.54, 1.807) is 0 Å². The molecule has 0 amide bonds. The van der Waals surface area contributed by atoms with Gasteiger partial charge in [-0.1, -0.05) is 158 Å². The van der Waals surface area contributed by atoms with Crippen molar-refractivity contribution in [3.8, 4) is 22.3 Å². The van der Waals surface area contributed by atoms with Crippen molar-refractivity contribution in [3.05, 3.63) is 182 Å². The van der Waals surface area contributed by atoms with Crippen molar-refractivity contribution in [3.63, 3.8) is 0 Å². The van der Waals surface area contributed by atoms with E-state index in [-0.39, 0.29) is 0 Å². The fourth-order valence-electron chi connectivity index (χ4n) is 9.23. The zero-order valence-corrected chi connectivity index (χ0v) is 28.7. The Labute approximate surface area is 304 Å². The summed E-state index contributed by atoms with van der Waals surface area (Å²) >= 11 is 0. The standard InChI is InChI=1S/C51H30N2/c1-2-14-32-29-33(26-25-31(32)13-1)47-38-18-5-7-20-40(38)48(41-21-8-6-19-39(41)47)34-27-28-44-45(30-34)37-17-11-12-24-46(37)53-50-43-23-10-4-16-36(43)35-15-3-9-22-42(35)49(50)52-51(44)53/h1-30H. The van der Waals surface area contributed by atoms with Crippen molar-refractivity contribution in [2.45, 2.75) is 0 Å². The van der Waals surface area contributed by atoms with Gasteiger partial charge in [-0.15, -0.1) is 0 Å². The second-order valence-corrected chi connectivity index (χ2v) is 14.2. The van der Waals surface area contributed by atoms with Crippen molar-refractivity contribution in [1.82, 2.24) is 9.38 Å². The number of hydrogen-bond acceptors (Lipinski definition) is 1. The van der Waals surface area contributed by atoms with Crippen molar-refractivity contribution in [1.29, 1.82) is 0 Å². The van der Waals surface area contributed by atoms with Crippen molar-refractivity contribution in [2.24, 2.45) is 0 Å². The van der Waals surface area contributed by atoms with Crippen LogP contribution in [0, 0.1) is 0 Å². The topological polar surface area (TPSA) is 17.3 Å². The third-order valence-corrected chi connectivity index (χ3v) is 11.5. The average molecular weight is 671 g/mol. The molecule has 10 aromatic carbocycles. The second kappa shape index (κ2) is 10.7. The summed E-state index contributed by atoms with van der Waals surface area (Å²) in [5.41, 5.74) is 9.34. The number of fused-ring (bicyclic) bond motifs is 16. The van der Waals surface area contributed by atoms with Gasteiger partial charge in [0.05, 0.1) is 16.6 Å². The summed E-state index contributed by atoms with van der Waals surface area (Å²) in [7, 11) is 0. The first-order valence-corrected chi connectivity index (χ1v) is 18.3. The summed E-state index contributed by atoms with van der Waals surface area (Å²) in [6.07, 6.45) is 0. The van der Waals surface area contributed by atoms with Gasteiger partial charge in [0, 0.05) is 21.5 Å². The van der Waals surface area contributed by atoms with Gasteiger partial charge in [0.25, 0.3) is 0 Å². The SMILES string of the molecule is c1ccc2cc(-c3c4ccccc4c(-c4ccc5c(c4)c4ccccc4n4c5nc5c6ccccc6c6ccccc6c54)c4ccccc34)ccc2c1. The lowest BCUT2D eigenvalue weighted by Crippen LogP contribution is -1.94. The highest BCUT2D eigenvalue weighted by Crippen LogP contribution is 2.46. The van der Waals surface area contributed by atoms with Gasteiger partial charge < -0.3 is 0 Å². The quantitative estimate of drug-likeness (QED) is 0.132. The van der Waals surface area contributed by atoms with Crippen molar-refractivity contribution in [2.75, 3.05) is 0 Å².